The molecule has 0 saturated heterocycles. The second kappa shape index (κ2) is 73.8. The van der Waals surface area contributed by atoms with Gasteiger partial charge in [-0.15, -0.1) is 0 Å². The molecule has 0 aromatic rings. The second-order valence-corrected chi connectivity index (χ2v) is 31.0. The molecule has 2 unspecified atom stereocenters. The number of phosphoric ester groups is 2. The van der Waals surface area contributed by atoms with Gasteiger partial charge in [-0.05, 0) is 51.4 Å². The summed E-state index contributed by atoms with van der Waals surface area (Å²) in [7, 11) is -9.93. The van der Waals surface area contributed by atoms with E-state index in [0.717, 1.165) is 109 Å². The standard InChI is InChI=1S/C80H152O17P2/c1-5-9-13-17-21-25-29-32-34-35-36-37-38-40-43-47-51-55-59-63-67-80(85)97-76(71-91-78(83)65-61-57-53-49-45-42-39-33-30-26-22-18-14-10-6-2)73-95-99(88,89)93-69-74(81)68-92-98(86,87)94-72-75(70-90-77(82)64-60-56-52-48-44-28-24-20-16-12-8-4)96-79(84)66-62-58-54-50-46-41-31-27-23-19-15-11-7-3/h26,30,33,39,74-76,81H,5-25,27-29,31-32,34-38,40-73H2,1-4H3,(H,86,87)(H,88,89)/b30-26-,39-33-/t74-,75+,76+/m0/s1. The van der Waals surface area contributed by atoms with Gasteiger partial charge in [0, 0.05) is 25.7 Å². The first-order valence-electron chi connectivity index (χ1n) is 41.1. The van der Waals surface area contributed by atoms with Crippen molar-refractivity contribution in [3.8, 4) is 0 Å². The Morgan fingerprint density at radius 2 is 0.485 bits per heavy atom. The number of carbonyl (C=O) groups is 4. The number of rotatable bonds is 79. The Kier molecular flexibility index (Phi) is 72.0. The summed E-state index contributed by atoms with van der Waals surface area (Å²) in [6.07, 6.45) is 68.7. The average Bonchev–Trinajstić information content (AvgIpc) is 1.01. The number of unbranched alkanes of at least 4 members (excludes halogenated alkanes) is 50. The number of hydrogen-bond donors (Lipinski definition) is 3. The van der Waals surface area contributed by atoms with E-state index in [-0.39, 0.29) is 25.7 Å². The second-order valence-electron chi connectivity index (χ2n) is 28.1. The van der Waals surface area contributed by atoms with Crippen LogP contribution in [0.5, 0.6) is 0 Å². The Hall–Kier alpha value is -2.46. The van der Waals surface area contributed by atoms with Gasteiger partial charge >= 0.3 is 39.5 Å². The van der Waals surface area contributed by atoms with Crippen LogP contribution in [0.3, 0.4) is 0 Å². The number of aliphatic hydroxyl groups excluding tert-OH is 1. The van der Waals surface area contributed by atoms with E-state index < -0.39 is 97.5 Å². The molecule has 3 N–H and O–H groups in total. The lowest BCUT2D eigenvalue weighted by atomic mass is 10.0. The van der Waals surface area contributed by atoms with Gasteiger partial charge in [-0.2, -0.15) is 0 Å². The molecule has 17 nitrogen and oxygen atoms in total. The summed E-state index contributed by atoms with van der Waals surface area (Å²) in [5, 5.41) is 10.6. The number of aliphatic hydroxyl groups is 1. The van der Waals surface area contributed by atoms with Crippen LogP contribution < -0.4 is 0 Å². The molecule has 0 aliphatic rings. The van der Waals surface area contributed by atoms with Gasteiger partial charge in [-0.1, -0.05) is 354 Å². The maximum atomic E-state index is 13.1. The number of allylic oxidation sites excluding steroid dienone is 4. The van der Waals surface area contributed by atoms with Crippen molar-refractivity contribution < 1.29 is 80.2 Å². The van der Waals surface area contributed by atoms with Crippen LogP contribution in [0, 0.1) is 0 Å². The molecule has 19 heteroatoms. The van der Waals surface area contributed by atoms with E-state index >= 15 is 0 Å². The molecule has 0 heterocycles. The van der Waals surface area contributed by atoms with Crippen molar-refractivity contribution in [3.63, 3.8) is 0 Å². The van der Waals surface area contributed by atoms with Crippen LogP contribution in [0.2, 0.25) is 0 Å². The fourth-order valence-electron chi connectivity index (χ4n) is 11.9. The molecule has 584 valence electrons. The molecule has 0 spiro atoms. The Labute approximate surface area is 605 Å². The highest BCUT2D eigenvalue weighted by Crippen LogP contribution is 2.45. The maximum Gasteiger partial charge on any atom is 0.472 e. The zero-order valence-corrected chi connectivity index (χ0v) is 65.7. The molecule has 99 heavy (non-hydrogen) atoms. The number of phosphoric acid groups is 2. The number of carbonyl (C=O) groups excluding carboxylic acids is 4. The summed E-state index contributed by atoms with van der Waals surface area (Å²) in [4.78, 5) is 72.9. The highest BCUT2D eigenvalue weighted by atomic mass is 31.2. The van der Waals surface area contributed by atoms with E-state index in [1.165, 1.54) is 218 Å². The molecule has 0 radical (unpaired) electrons. The highest BCUT2D eigenvalue weighted by Gasteiger charge is 2.30. The molecule has 0 amide bonds. The number of ether oxygens (including phenoxy) is 4. The van der Waals surface area contributed by atoms with Crippen LogP contribution in [0.1, 0.15) is 407 Å². The summed E-state index contributed by atoms with van der Waals surface area (Å²) in [5.41, 5.74) is 0. The topological polar surface area (TPSA) is 237 Å². The van der Waals surface area contributed by atoms with Gasteiger partial charge in [0.1, 0.15) is 19.3 Å². The first-order chi connectivity index (χ1) is 48.2. The van der Waals surface area contributed by atoms with E-state index in [0.29, 0.717) is 25.7 Å². The first-order valence-corrected chi connectivity index (χ1v) is 44.1. The number of esters is 4. The molecule has 0 saturated carbocycles. The smallest absolute Gasteiger partial charge is 0.462 e. The van der Waals surface area contributed by atoms with Crippen molar-refractivity contribution in [2.75, 3.05) is 39.6 Å². The van der Waals surface area contributed by atoms with Crippen LogP contribution in [0.15, 0.2) is 24.3 Å². The largest absolute Gasteiger partial charge is 0.472 e. The van der Waals surface area contributed by atoms with Crippen molar-refractivity contribution in [1.29, 1.82) is 0 Å². The summed E-state index contributed by atoms with van der Waals surface area (Å²) < 4.78 is 68.6. The SMILES string of the molecule is CCCCCC/C=C\C=C/CCCCCCCC(=O)OC[C@H](COP(=O)(O)OC[C@@H](O)COP(=O)(O)OC[C@@H](COC(=O)CCCCCCCCCCCCC)OC(=O)CCCCCCCCCCCCCCC)OC(=O)CCCCCCCCCCCCCCCCCCCCCC. The van der Waals surface area contributed by atoms with Gasteiger partial charge in [0.05, 0.1) is 26.4 Å². The minimum atomic E-state index is -4.97. The third kappa shape index (κ3) is 73.6. The predicted octanol–water partition coefficient (Wildman–Crippen LogP) is 23.7. The molecular formula is C80H152O17P2. The maximum absolute atomic E-state index is 13.1. The van der Waals surface area contributed by atoms with Crippen molar-refractivity contribution in [1.82, 2.24) is 0 Å². The zero-order valence-electron chi connectivity index (χ0n) is 64.0. The molecule has 0 aliphatic carbocycles. The third-order valence-corrected chi connectivity index (χ3v) is 20.1. The van der Waals surface area contributed by atoms with E-state index in [2.05, 4.69) is 52.0 Å². The van der Waals surface area contributed by atoms with Gasteiger partial charge in [0.2, 0.25) is 0 Å². The van der Waals surface area contributed by atoms with Gasteiger partial charge < -0.3 is 33.8 Å². The lowest BCUT2D eigenvalue weighted by molar-refractivity contribution is -0.161. The van der Waals surface area contributed by atoms with Crippen LogP contribution in [0.4, 0.5) is 0 Å². The summed E-state index contributed by atoms with van der Waals surface area (Å²) in [5.74, 6) is -2.14. The fraction of sp³-hybridized carbons (Fsp3) is 0.900. The Balaban J connectivity index is 5.26. The van der Waals surface area contributed by atoms with Crippen LogP contribution in [-0.2, 0) is 65.4 Å². The fourth-order valence-corrected chi connectivity index (χ4v) is 13.5. The Bertz CT molecular complexity index is 1970. The molecule has 0 fully saturated rings. The summed E-state index contributed by atoms with van der Waals surface area (Å²) >= 11 is 0. The lowest BCUT2D eigenvalue weighted by Gasteiger charge is -2.21. The third-order valence-electron chi connectivity index (χ3n) is 18.2. The predicted molar refractivity (Wildman–Crippen MR) is 405 cm³/mol. The van der Waals surface area contributed by atoms with Gasteiger partial charge in [-0.25, -0.2) is 9.13 Å². The van der Waals surface area contributed by atoms with E-state index in [9.17, 15) is 43.2 Å². The normalized spacial score (nSPS) is 14.0. The van der Waals surface area contributed by atoms with E-state index in [4.69, 9.17) is 37.0 Å². The van der Waals surface area contributed by atoms with Gasteiger partial charge in [-0.3, -0.25) is 37.3 Å². The number of hydrogen-bond acceptors (Lipinski definition) is 15. The minimum absolute atomic E-state index is 0.102. The van der Waals surface area contributed by atoms with E-state index in [1.807, 2.05) is 0 Å². The highest BCUT2D eigenvalue weighted by molar-refractivity contribution is 7.47. The molecule has 0 aliphatic heterocycles. The molecule has 0 rings (SSSR count). The van der Waals surface area contributed by atoms with E-state index in [1.54, 1.807) is 0 Å². The monoisotopic (exact) mass is 1450 g/mol. The van der Waals surface area contributed by atoms with Crippen molar-refractivity contribution >= 4 is 39.5 Å². The van der Waals surface area contributed by atoms with Gasteiger partial charge in [0.25, 0.3) is 0 Å². The van der Waals surface area contributed by atoms with Gasteiger partial charge in [0.15, 0.2) is 12.2 Å². The van der Waals surface area contributed by atoms with Crippen LogP contribution in [-0.4, -0.2) is 96.7 Å². The lowest BCUT2D eigenvalue weighted by Crippen LogP contribution is -2.30. The Morgan fingerprint density at radius 1 is 0.283 bits per heavy atom. The molecule has 0 aromatic heterocycles. The van der Waals surface area contributed by atoms with Crippen LogP contribution >= 0.6 is 15.6 Å². The van der Waals surface area contributed by atoms with Crippen molar-refractivity contribution in [2.45, 2.75) is 425 Å². The first kappa shape index (κ1) is 96.5. The summed E-state index contributed by atoms with van der Waals surface area (Å²) in [6.45, 7) is 4.95. The minimum Gasteiger partial charge on any atom is -0.462 e. The van der Waals surface area contributed by atoms with Crippen molar-refractivity contribution in [3.05, 3.63) is 24.3 Å². The quantitative estimate of drug-likeness (QED) is 0.0169. The average molecular weight is 1450 g/mol. The zero-order chi connectivity index (χ0) is 72.5. The van der Waals surface area contributed by atoms with Crippen LogP contribution in [0.25, 0.3) is 0 Å². The molecule has 5 atom stereocenters. The summed E-state index contributed by atoms with van der Waals surface area (Å²) in [6, 6.07) is 0. The molecular weight excluding hydrogens is 1290 g/mol. The molecule has 0 aromatic carbocycles. The van der Waals surface area contributed by atoms with Crippen molar-refractivity contribution in [2.24, 2.45) is 0 Å². The Morgan fingerprint density at radius 3 is 0.737 bits per heavy atom. The molecule has 0 bridgehead atoms.